The summed E-state index contributed by atoms with van der Waals surface area (Å²) in [4.78, 5) is 2.57. The van der Waals surface area contributed by atoms with Crippen molar-refractivity contribution >= 4 is 15.9 Å². The van der Waals surface area contributed by atoms with Gasteiger partial charge in [0, 0.05) is 11.0 Å². The van der Waals surface area contributed by atoms with Crippen LogP contribution in [0.5, 0.6) is 0 Å². The van der Waals surface area contributed by atoms with Crippen LogP contribution in [-0.2, 0) is 6.54 Å². The Kier molecular flexibility index (Phi) is 5.67. The number of hydrogen-bond acceptors (Lipinski definition) is 2. The first-order chi connectivity index (χ1) is 8.75. The van der Waals surface area contributed by atoms with Crippen LogP contribution in [0.3, 0.4) is 0 Å². The molecule has 1 aliphatic rings. The summed E-state index contributed by atoms with van der Waals surface area (Å²) < 4.78 is 1.21. The summed E-state index contributed by atoms with van der Waals surface area (Å²) >= 11 is 3.61. The molecule has 0 unspecified atom stereocenters. The van der Waals surface area contributed by atoms with Crippen LogP contribution in [0, 0.1) is 6.92 Å². The van der Waals surface area contributed by atoms with Gasteiger partial charge in [-0.25, -0.2) is 0 Å². The van der Waals surface area contributed by atoms with Crippen molar-refractivity contribution in [1.82, 2.24) is 10.2 Å². The molecule has 1 aromatic carbocycles. The Morgan fingerprint density at radius 2 is 2.06 bits per heavy atom. The van der Waals surface area contributed by atoms with Gasteiger partial charge in [0.05, 0.1) is 0 Å². The smallest absolute Gasteiger partial charge is 0.0220 e. The van der Waals surface area contributed by atoms with Crippen LogP contribution in [0.2, 0.25) is 0 Å². The predicted octanol–water partition coefficient (Wildman–Crippen LogP) is 3.33. The molecule has 0 aliphatic carbocycles. The van der Waals surface area contributed by atoms with E-state index in [-0.39, 0.29) is 0 Å². The lowest BCUT2D eigenvalue weighted by Crippen LogP contribution is -2.24. The van der Waals surface area contributed by atoms with Crippen LogP contribution in [0.15, 0.2) is 22.7 Å². The van der Waals surface area contributed by atoms with Gasteiger partial charge in [-0.2, -0.15) is 0 Å². The minimum Gasteiger partial charge on any atom is -0.313 e. The highest BCUT2D eigenvalue weighted by Gasteiger charge is 2.09. The van der Waals surface area contributed by atoms with Gasteiger partial charge < -0.3 is 10.2 Å². The maximum atomic E-state index is 3.61. The van der Waals surface area contributed by atoms with Gasteiger partial charge in [-0.3, -0.25) is 0 Å². The number of hydrogen-bond donors (Lipinski definition) is 1. The van der Waals surface area contributed by atoms with Gasteiger partial charge in [0.15, 0.2) is 0 Å². The zero-order valence-electron chi connectivity index (χ0n) is 11.2. The first kappa shape index (κ1) is 14.0. The molecule has 1 aromatic rings. The van der Waals surface area contributed by atoms with Crippen LogP contribution in [0.1, 0.15) is 30.4 Å². The number of nitrogens with zero attached hydrogens (tertiary/aromatic N) is 1. The Bertz CT molecular complexity index is 373. The van der Waals surface area contributed by atoms with Gasteiger partial charge in [0.1, 0.15) is 0 Å². The number of halogens is 1. The van der Waals surface area contributed by atoms with Gasteiger partial charge in [-0.05, 0) is 64.0 Å². The maximum Gasteiger partial charge on any atom is 0.0220 e. The first-order valence-corrected chi connectivity index (χ1v) is 7.73. The number of benzene rings is 1. The molecule has 1 N–H and O–H groups in total. The molecule has 1 fully saturated rings. The molecule has 3 heteroatoms. The predicted molar refractivity (Wildman–Crippen MR) is 80.9 cm³/mol. The van der Waals surface area contributed by atoms with Crippen LogP contribution in [-0.4, -0.2) is 31.1 Å². The third kappa shape index (κ3) is 4.38. The van der Waals surface area contributed by atoms with Crippen molar-refractivity contribution in [3.05, 3.63) is 33.8 Å². The monoisotopic (exact) mass is 310 g/mol. The van der Waals surface area contributed by atoms with E-state index >= 15 is 0 Å². The zero-order valence-corrected chi connectivity index (χ0v) is 12.8. The van der Waals surface area contributed by atoms with E-state index in [4.69, 9.17) is 0 Å². The SMILES string of the molecule is Cc1ccc(Br)c(CNCCCN2CCCC2)c1. The molecule has 0 saturated carbocycles. The number of rotatable bonds is 6. The Morgan fingerprint density at radius 1 is 1.28 bits per heavy atom. The van der Waals surface area contributed by atoms with Crippen molar-refractivity contribution in [3.8, 4) is 0 Å². The number of likely N-dealkylation sites (tertiary alicyclic amines) is 1. The summed E-state index contributed by atoms with van der Waals surface area (Å²) in [6, 6.07) is 6.52. The lowest BCUT2D eigenvalue weighted by Gasteiger charge is -2.14. The molecule has 0 amide bonds. The van der Waals surface area contributed by atoms with E-state index in [0.29, 0.717) is 0 Å². The average molecular weight is 311 g/mol. The fourth-order valence-electron chi connectivity index (χ4n) is 2.50. The summed E-state index contributed by atoms with van der Waals surface area (Å²) in [6.07, 6.45) is 4.04. The van der Waals surface area contributed by atoms with E-state index in [2.05, 4.69) is 51.3 Å². The van der Waals surface area contributed by atoms with Crippen LogP contribution in [0.4, 0.5) is 0 Å². The molecule has 2 nitrogen and oxygen atoms in total. The van der Waals surface area contributed by atoms with Crippen molar-refractivity contribution in [2.75, 3.05) is 26.2 Å². The van der Waals surface area contributed by atoms with Crippen molar-refractivity contribution in [3.63, 3.8) is 0 Å². The number of aryl methyl sites for hydroxylation is 1. The third-order valence-corrected chi connectivity index (χ3v) is 4.32. The third-order valence-electron chi connectivity index (χ3n) is 3.54. The minimum absolute atomic E-state index is 0.961. The summed E-state index contributed by atoms with van der Waals surface area (Å²) in [7, 11) is 0. The van der Waals surface area contributed by atoms with Gasteiger partial charge >= 0.3 is 0 Å². The Hall–Kier alpha value is -0.380. The topological polar surface area (TPSA) is 15.3 Å². The summed E-state index contributed by atoms with van der Waals surface area (Å²) in [5.74, 6) is 0. The molecular formula is C15H23BrN2. The summed E-state index contributed by atoms with van der Waals surface area (Å²) in [6.45, 7) is 8.08. The van der Waals surface area contributed by atoms with Gasteiger partial charge in [-0.1, -0.05) is 33.6 Å². The molecule has 1 aliphatic heterocycles. The molecule has 1 heterocycles. The van der Waals surface area contributed by atoms with E-state index in [1.54, 1.807) is 0 Å². The molecule has 0 radical (unpaired) electrons. The molecule has 0 aromatic heterocycles. The zero-order chi connectivity index (χ0) is 12.8. The van der Waals surface area contributed by atoms with E-state index < -0.39 is 0 Å². The first-order valence-electron chi connectivity index (χ1n) is 6.94. The molecule has 0 spiro atoms. The molecule has 0 atom stereocenters. The average Bonchev–Trinajstić information content (AvgIpc) is 2.86. The second-order valence-corrected chi connectivity index (χ2v) is 6.03. The highest BCUT2D eigenvalue weighted by atomic mass is 79.9. The number of nitrogens with one attached hydrogen (secondary N) is 1. The van der Waals surface area contributed by atoms with E-state index in [9.17, 15) is 0 Å². The van der Waals surface area contributed by atoms with E-state index in [1.165, 1.54) is 54.5 Å². The lowest BCUT2D eigenvalue weighted by atomic mass is 10.1. The van der Waals surface area contributed by atoms with Crippen molar-refractivity contribution in [2.45, 2.75) is 32.7 Å². The van der Waals surface area contributed by atoms with Crippen LogP contribution < -0.4 is 5.32 Å². The van der Waals surface area contributed by atoms with Gasteiger partial charge in [0.25, 0.3) is 0 Å². The quantitative estimate of drug-likeness (QED) is 0.811. The molecule has 100 valence electrons. The highest BCUT2D eigenvalue weighted by Crippen LogP contribution is 2.17. The van der Waals surface area contributed by atoms with Crippen molar-refractivity contribution in [1.29, 1.82) is 0 Å². The van der Waals surface area contributed by atoms with Gasteiger partial charge in [0.2, 0.25) is 0 Å². The fraction of sp³-hybridized carbons (Fsp3) is 0.600. The summed E-state index contributed by atoms with van der Waals surface area (Å²) in [5, 5.41) is 3.54. The van der Waals surface area contributed by atoms with E-state index in [0.717, 1.165) is 13.1 Å². The van der Waals surface area contributed by atoms with E-state index in [1.807, 2.05) is 0 Å². The Balaban J connectivity index is 1.64. The lowest BCUT2D eigenvalue weighted by molar-refractivity contribution is 0.331. The minimum atomic E-state index is 0.961. The van der Waals surface area contributed by atoms with Gasteiger partial charge in [-0.15, -0.1) is 0 Å². The molecule has 18 heavy (non-hydrogen) atoms. The van der Waals surface area contributed by atoms with Crippen molar-refractivity contribution < 1.29 is 0 Å². The summed E-state index contributed by atoms with van der Waals surface area (Å²) in [5.41, 5.74) is 2.68. The largest absolute Gasteiger partial charge is 0.313 e. The molecule has 2 rings (SSSR count). The molecule has 1 saturated heterocycles. The standard InChI is InChI=1S/C15H23BrN2/c1-13-5-6-15(16)14(11-13)12-17-7-4-10-18-8-2-3-9-18/h5-6,11,17H,2-4,7-10,12H2,1H3. The second-order valence-electron chi connectivity index (χ2n) is 5.17. The Morgan fingerprint density at radius 3 is 2.83 bits per heavy atom. The second kappa shape index (κ2) is 7.27. The van der Waals surface area contributed by atoms with Crippen LogP contribution in [0.25, 0.3) is 0 Å². The van der Waals surface area contributed by atoms with Crippen molar-refractivity contribution in [2.24, 2.45) is 0 Å². The fourth-order valence-corrected chi connectivity index (χ4v) is 2.88. The maximum absolute atomic E-state index is 3.61. The van der Waals surface area contributed by atoms with Crippen LogP contribution >= 0.6 is 15.9 Å². The highest BCUT2D eigenvalue weighted by molar-refractivity contribution is 9.10. The molecule has 0 bridgehead atoms. The Labute approximate surface area is 119 Å². The molecular weight excluding hydrogens is 288 g/mol. The normalized spacial score (nSPS) is 16.3.